The van der Waals surface area contributed by atoms with Crippen molar-refractivity contribution in [1.29, 1.82) is 5.26 Å². The average molecular weight is 383 g/mol. The zero-order valence-electron chi connectivity index (χ0n) is 15.1. The van der Waals surface area contributed by atoms with Crippen molar-refractivity contribution >= 4 is 23.1 Å². The van der Waals surface area contributed by atoms with Gasteiger partial charge in [0.15, 0.2) is 5.82 Å². The van der Waals surface area contributed by atoms with Crippen LogP contribution in [0.4, 0.5) is 36.3 Å². The molecule has 142 valence electrons. The highest BCUT2D eigenvalue weighted by Crippen LogP contribution is 2.38. The van der Waals surface area contributed by atoms with Crippen LogP contribution in [-0.4, -0.2) is 24.1 Å². The molecule has 0 saturated carbocycles. The van der Waals surface area contributed by atoms with Crippen molar-refractivity contribution in [2.45, 2.75) is 6.18 Å². The summed E-state index contributed by atoms with van der Waals surface area (Å²) < 4.78 is 40.6. The van der Waals surface area contributed by atoms with E-state index in [4.69, 9.17) is 5.26 Å². The number of anilines is 4. The van der Waals surface area contributed by atoms with Gasteiger partial charge in [-0.2, -0.15) is 23.4 Å². The number of nitriles is 1. The molecule has 0 aliphatic carbocycles. The van der Waals surface area contributed by atoms with Gasteiger partial charge < -0.3 is 9.80 Å². The molecule has 0 spiro atoms. The van der Waals surface area contributed by atoms with Gasteiger partial charge in [0.05, 0.1) is 11.6 Å². The summed E-state index contributed by atoms with van der Waals surface area (Å²) >= 11 is 0. The third kappa shape index (κ3) is 3.88. The fourth-order valence-corrected chi connectivity index (χ4v) is 2.63. The molecule has 0 saturated heterocycles. The van der Waals surface area contributed by atoms with Gasteiger partial charge in [0.2, 0.25) is 5.95 Å². The first kappa shape index (κ1) is 19.2. The Balaban J connectivity index is 2.07. The number of alkyl halides is 3. The Morgan fingerprint density at radius 1 is 0.893 bits per heavy atom. The third-order valence-electron chi connectivity index (χ3n) is 4.21. The first-order chi connectivity index (χ1) is 13.3. The normalized spacial score (nSPS) is 11.0. The highest BCUT2D eigenvalue weighted by Gasteiger charge is 2.37. The number of aromatic nitrogens is 2. The van der Waals surface area contributed by atoms with E-state index in [2.05, 4.69) is 9.97 Å². The number of hydrogen-bond acceptors (Lipinski definition) is 5. The lowest BCUT2D eigenvalue weighted by molar-refractivity contribution is -0.137. The highest BCUT2D eigenvalue weighted by atomic mass is 19.4. The van der Waals surface area contributed by atoms with Crippen LogP contribution in [0.3, 0.4) is 0 Å². The van der Waals surface area contributed by atoms with Crippen LogP contribution in [0.15, 0.2) is 60.8 Å². The maximum Gasteiger partial charge on any atom is 0.421 e. The molecule has 0 aliphatic heterocycles. The van der Waals surface area contributed by atoms with E-state index in [1.807, 2.05) is 36.4 Å². The molecule has 3 aromatic rings. The lowest BCUT2D eigenvalue weighted by atomic mass is 10.2. The molecule has 0 radical (unpaired) electrons. The Morgan fingerprint density at radius 2 is 1.50 bits per heavy atom. The summed E-state index contributed by atoms with van der Waals surface area (Å²) in [6.45, 7) is 0. The molecular weight excluding hydrogens is 367 g/mol. The van der Waals surface area contributed by atoms with Gasteiger partial charge in [-0.1, -0.05) is 18.2 Å². The summed E-state index contributed by atoms with van der Waals surface area (Å²) in [5, 5.41) is 8.90. The number of para-hydroxylation sites is 1. The fourth-order valence-electron chi connectivity index (χ4n) is 2.63. The van der Waals surface area contributed by atoms with Crippen molar-refractivity contribution in [3.05, 3.63) is 71.9 Å². The topological polar surface area (TPSA) is 56.1 Å². The summed E-state index contributed by atoms with van der Waals surface area (Å²) in [4.78, 5) is 11.0. The molecule has 0 amide bonds. The van der Waals surface area contributed by atoms with Crippen LogP contribution < -0.4 is 9.80 Å². The van der Waals surface area contributed by atoms with Crippen LogP contribution >= 0.6 is 0 Å². The number of hydrogen-bond donors (Lipinski definition) is 0. The molecule has 0 aliphatic rings. The van der Waals surface area contributed by atoms with Crippen LogP contribution in [-0.2, 0) is 6.18 Å². The summed E-state index contributed by atoms with van der Waals surface area (Å²) in [7, 11) is 3.18. The molecule has 28 heavy (non-hydrogen) atoms. The van der Waals surface area contributed by atoms with Gasteiger partial charge in [-0.15, -0.1) is 0 Å². The summed E-state index contributed by atoms with van der Waals surface area (Å²) in [6.07, 6.45) is -3.82. The molecule has 5 nitrogen and oxygen atoms in total. The maximum atomic E-state index is 13.5. The Morgan fingerprint density at radius 3 is 2.07 bits per heavy atom. The largest absolute Gasteiger partial charge is 0.421 e. The maximum absolute atomic E-state index is 13.5. The summed E-state index contributed by atoms with van der Waals surface area (Å²) in [6, 6.07) is 17.3. The standard InChI is InChI=1S/C20H16F3N5/c1-27(16-10-8-14(12-24)9-11-16)18-17(20(21,22)23)13-25-19(26-18)28(2)15-6-4-3-5-7-15/h3-11,13H,1-2H3. The van der Waals surface area contributed by atoms with Crippen LogP contribution in [0.25, 0.3) is 0 Å². The predicted octanol–water partition coefficient (Wildman–Crippen LogP) is 4.90. The number of halogens is 3. The molecular formula is C20H16F3N5. The number of benzene rings is 2. The van der Waals surface area contributed by atoms with Gasteiger partial charge in [0.25, 0.3) is 0 Å². The minimum absolute atomic E-state index is 0.134. The van der Waals surface area contributed by atoms with Crippen LogP contribution in [0.1, 0.15) is 11.1 Å². The Labute approximate surface area is 160 Å². The van der Waals surface area contributed by atoms with E-state index in [0.717, 1.165) is 11.9 Å². The van der Waals surface area contributed by atoms with E-state index < -0.39 is 11.7 Å². The second-order valence-electron chi connectivity index (χ2n) is 6.02. The molecule has 0 fully saturated rings. The lowest BCUT2D eigenvalue weighted by Gasteiger charge is -2.25. The van der Waals surface area contributed by atoms with Crippen molar-refractivity contribution in [2.24, 2.45) is 0 Å². The van der Waals surface area contributed by atoms with Crippen molar-refractivity contribution in [3.63, 3.8) is 0 Å². The Kier molecular flexibility index (Phi) is 5.18. The molecule has 8 heteroatoms. The van der Waals surface area contributed by atoms with Crippen molar-refractivity contribution in [1.82, 2.24) is 9.97 Å². The van der Waals surface area contributed by atoms with Gasteiger partial charge in [-0.3, -0.25) is 0 Å². The molecule has 1 aromatic heterocycles. The molecule has 1 heterocycles. The SMILES string of the molecule is CN(c1ccccc1)c1ncc(C(F)(F)F)c(N(C)c2ccc(C#N)cc2)n1. The van der Waals surface area contributed by atoms with Crippen molar-refractivity contribution in [3.8, 4) is 6.07 Å². The molecule has 0 atom stereocenters. The van der Waals surface area contributed by atoms with Gasteiger partial charge in [-0.05, 0) is 36.4 Å². The smallest absolute Gasteiger partial charge is 0.329 e. The van der Waals surface area contributed by atoms with Gasteiger partial charge in [0, 0.05) is 31.7 Å². The number of rotatable bonds is 4. The van der Waals surface area contributed by atoms with Gasteiger partial charge in [0.1, 0.15) is 5.56 Å². The molecule has 0 unspecified atom stereocenters. The minimum Gasteiger partial charge on any atom is -0.329 e. The molecule has 2 aromatic carbocycles. The van der Waals surface area contributed by atoms with E-state index >= 15 is 0 Å². The second-order valence-corrected chi connectivity index (χ2v) is 6.02. The third-order valence-corrected chi connectivity index (χ3v) is 4.21. The molecule has 0 N–H and O–H groups in total. The first-order valence-corrected chi connectivity index (χ1v) is 8.28. The average Bonchev–Trinajstić information content (AvgIpc) is 2.72. The van der Waals surface area contributed by atoms with Crippen LogP contribution in [0.5, 0.6) is 0 Å². The Bertz CT molecular complexity index is 995. The second kappa shape index (κ2) is 7.56. The summed E-state index contributed by atoms with van der Waals surface area (Å²) in [5.41, 5.74) is 0.690. The minimum atomic E-state index is -4.61. The van der Waals surface area contributed by atoms with Crippen LogP contribution in [0, 0.1) is 11.3 Å². The van der Waals surface area contributed by atoms with E-state index in [9.17, 15) is 13.2 Å². The Hall–Kier alpha value is -3.60. The predicted molar refractivity (Wildman–Crippen MR) is 101 cm³/mol. The fraction of sp³-hybridized carbons (Fsp3) is 0.150. The zero-order valence-corrected chi connectivity index (χ0v) is 15.1. The summed E-state index contributed by atoms with van der Waals surface area (Å²) in [5.74, 6) is -0.139. The lowest BCUT2D eigenvalue weighted by Crippen LogP contribution is -2.21. The van der Waals surface area contributed by atoms with E-state index in [1.54, 1.807) is 24.1 Å². The van der Waals surface area contributed by atoms with Crippen molar-refractivity contribution in [2.75, 3.05) is 23.9 Å². The molecule has 0 bridgehead atoms. The van der Waals surface area contributed by atoms with E-state index in [0.29, 0.717) is 11.3 Å². The zero-order chi connectivity index (χ0) is 20.3. The van der Waals surface area contributed by atoms with E-state index in [-0.39, 0.29) is 11.8 Å². The van der Waals surface area contributed by atoms with Crippen LogP contribution in [0.2, 0.25) is 0 Å². The van der Waals surface area contributed by atoms with Crippen molar-refractivity contribution < 1.29 is 13.2 Å². The first-order valence-electron chi connectivity index (χ1n) is 8.28. The van der Waals surface area contributed by atoms with Gasteiger partial charge >= 0.3 is 6.18 Å². The highest BCUT2D eigenvalue weighted by molar-refractivity contribution is 5.66. The quantitative estimate of drug-likeness (QED) is 0.641. The monoisotopic (exact) mass is 383 g/mol. The van der Waals surface area contributed by atoms with Gasteiger partial charge in [-0.25, -0.2) is 4.98 Å². The number of nitrogens with zero attached hydrogens (tertiary/aromatic N) is 5. The molecule has 3 rings (SSSR count). The van der Waals surface area contributed by atoms with E-state index in [1.165, 1.54) is 24.1 Å².